The number of pyridine rings is 1. The third-order valence-corrected chi connectivity index (χ3v) is 4.48. The van der Waals surface area contributed by atoms with Gasteiger partial charge in [0.05, 0.1) is 11.2 Å². The van der Waals surface area contributed by atoms with E-state index < -0.39 is 0 Å². The lowest BCUT2D eigenvalue weighted by atomic mass is 9.91. The minimum Gasteiger partial charge on any atom is -0.371 e. The van der Waals surface area contributed by atoms with Gasteiger partial charge in [-0.25, -0.2) is 0 Å². The quantitative estimate of drug-likeness (QED) is 0.819. The number of nitrogens with zero attached hydrogens (tertiary/aromatic N) is 2. The number of aromatic nitrogens is 1. The van der Waals surface area contributed by atoms with Crippen LogP contribution in [0.1, 0.15) is 38.3 Å². The van der Waals surface area contributed by atoms with Gasteiger partial charge in [-0.2, -0.15) is 0 Å². The summed E-state index contributed by atoms with van der Waals surface area (Å²) in [5.74, 6) is 0. The van der Waals surface area contributed by atoms with Crippen LogP contribution in [-0.2, 0) is 6.54 Å². The second-order valence-electron chi connectivity index (χ2n) is 6.02. The summed E-state index contributed by atoms with van der Waals surface area (Å²) in [5, 5.41) is 4.73. The lowest BCUT2D eigenvalue weighted by Crippen LogP contribution is -2.37. The van der Waals surface area contributed by atoms with Gasteiger partial charge in [-0.3, -0.25) is 4.98 Å². The van der Waals surface area contributed by atoms with Crippen LogP contribution in [0.15, 0.2) is 30.3 Å². The molecule has 0 saturated heterocycles. The van der Waals surface area contributed by atoms with E-state index >= 15 is 0 Å². The average molecular weight is 283 g/mol. The van der Waals surface area contributed by atoms with E-state index in [9.17, 15) is 0 Å². The summed E-state index contributed by atoms with van der Waals surface area (Å²) < 4.78 is 0. The van der Waals surface area contributed by atoms with E-state index in [2.05, 4.69) is 54.5 Å². The lowest BCUT2D eigenvalue weighted by molar-refractivity contribution is 0.401. The second kappa shape index (κ2) is 6.44. The van der Waals surface area contributed by atoms with Gasteiger partial charge >= 0.3 is 0 Å². The smallest absolute Gasteiger partial charge is 0.0726 e. The van der Waals surface area contributed by atoms with Gasteiger partial charge in [0, 0.05) is 30.7 Å². The maximum absolute atomic E-state index is 4.80. The minimum absolute atomic E-state index is 0.701. The standard InChI is InChI=1S/C18H25N3/c1-3-11-19-13-14-12-18(21(2)15-7-6-8-15)16-9-4-5-10-17(16)20-14/h4-5,9-10,12,15,19H,3,6-8,11,13H2,1-2H3. The summed E-state index contributed by atoms with van der Waals surface area (Å²) in [4.78, 5) is 7.26. The first kappa shape index (κ1) is 14.3. The van der Waals surface area contributed by atoms with Crippen LogP contribution in [-0.4, -0.2) is 24.6 Å². The molecule has 1 aliphatic rings. The van der Waals surface area contributed by atoms with E-state index in [1.807, 2.05) is 0 Å². The average Bonchev–Trinajstić information content (AvgIpc) is 2.45. The Morgan fingerprint density at radius 1 is 1.29 bits per heavy atom. The first-order valence-corrected chi connectivity index (χ1v) is 8.12. The Balaban J connectivity index is 1.94. The van der Waals surface area contributed by atoms with E-state index in [0.717, 1.165) is 30.7 Å². The summed E-state index contributed by atoms with van der Waals surface area (Å²) in [6.07, 6.45) is 5.15. The van der Waals surface area contributed by atoms with Crippen molar-refractivity contribution >= 4 is 16.6 Å². The highest BCUT2D eigenvalue weighted by molar-refractivity contribution is 5.92. The highest BCUT2D eigenvalue weighted by Gasteiger charge is 2.23. The van der Waals surface area contributed by atoms with E-state index in [1.165, 1.54) is 30.3 Å². The molecule has 1 saturated carbocycles. The van der Waals surface area contributed by atoms with Crippen molar-refractivity contribution in [2.75, 3.05) is 18.5 Å². The first-order valence-electron chi connectivity index (χ1n) is 8.12. The molecule has 21 heavy (non-hydrogen) atoms. The molecular weight excluding hydrogens is 258 g/mol. The molecule has 3 rings (SSSR count). The molecule has 1 fully saturated rings. The predicted molar refractivity (Wildman–Crippen MR) is 89.8 cm³/mol. The van der Waals surface area contributed by atoms with Crippen molar-refractivity contribution in [3.05, 3.63) is 36.0 Å². The largest absolute Gasteiger partial charge is 0.371 e. The molecule has 1 heterocycles. The Kier molecular flexibility index (Phi) is 4.39. The van der Waals surface area contributed by atoms with Gasteiger partial charge < -0.3 is 10.2 Å². The number of hydrogen-bond donors (Lipinski definition) is 1. The number of anilines is 1. The van der Waals surface area contributed by atoms with Crippen molar-refractivity contribution in [3.8, 4) is 0 Å². The SMILES string of the molecule is CCCNCc1cc(N(C)C2CCC2)c2ccccc2n1. The number of rotatable bonds is 6. The van der Waals surface area contributed by atoms with E-state index in [0.29, 0.717) is 6.04 Å². The number of hydrogen-bond acceptors (Lipinski definition) is 3. The molecule has 1 N–H and O–H groups in total. The molecule has 0 spiro atoms. The van der Waals surface area contributed by atoms with Crippen molar-refractivity contribution < 1.29 is 0 Å². The third kappa shape index (κ3) is 3.03. The number of nitrogens with one attached hydrogen (secondary N) is 1. The highest BCUT2D eigenvalue weighted by atomic mass is 15.1. The zero-order chi connectivity index (χ0) is 14.7. The summed E-state index contributed by atoms with van der Waals surface area (Å²) >= 11 is 0. The predicted octanol–water partition coefficient (Wildman–Crippen LogP) is 3.72. The van der Waals surface area contributed by atoms with Crippen LogP contribution in [0.25, 0.3) is 10.9 Å². The number of benzene rings is 1. The highest BCUT2D eigenvalue weighted by Crippen LogP contribution is 2.33. The van der Waals surface area contributed by atoms with Crippen molar-refractivity contribution in [2.45, 2.75) is 45.2 Å². The summed E-state index contributed by atoms with van der Waals surface area (Å²) in [7, 11) is 2.23. The molecule has 0 amide bonds. The van der Waals surface area contributed by atoms with Crippen molar-refractivity contribution in [1.82, 2.24) is 10.3 Å². The fourth-order valence-electron chi connectivity index (χ4n) is 2.96. The van der Waals surface area contributed by atoms with Crippen LogP contribution in [0, 0.1) is 0 Å². The Bertz CT molecular complexity index is 604. The van der Waals surface area contributed by atoms with Gasteiger partial charge in [-0.05, 0) is 44.4 Å². The van der Waals surface area contributed by atoms with Crippen LogP contribution in [0.3, 0.4) is 0 Å². The van der Waals surface area contributed by atoms with Gasteiger partial charge in [0.25, 0.3) is 0 Å². The lowest BCUT2D eigenvalue weighted by Gasteiger charge is -2.37. The van der Waals surface area contributed by atoms with Gasteiger partial charge in [0.1, 0.15) is 0 Å². The van der Waals surface area contributed by atoms with Gasteiger partial charge in [-0.1, -0.05) is 25.1 Å². The normalized spacial score (nSPS) is 15.1. The molecule has 3 heteroatoms. The molecule has 1 aromatic carbocycles. The Morgan fingerprint density at radius 2 is 2.10 bits per heavy atom. The molecular formula is C18H25N3. The summed E-state index contributed by atoms with van der Waals surface area (Å²) in [6.45, 7) is 4.09. The Labute approximate surface area is 127 Å². The fraction of sp³-hybridized carbons (Fsp3) is 0.500. The van der Waals surface area contributed by atoms with Crippen LogP contribution in [0.2, 0.25) is 0 Å². The molecule has 0 unspecified atom stereocenters. The maximum atomic E-state index is 4.80. The number of fused-ring (bicyclic) bond motifs is 1. The van der Waals surface area contributed by atoms with Gasteiger partial charge in [0.15, 0.2) is 0 Å². The van der Waals surface area contributed by atoms with Crippen LogP contribution < -0.4 is 10.2 Å². The summed E-state index contributed by atoms with van der Waals surface area (Å²) in [5.41, 5.74) is 3.58. The molecule has 3 nitrogen and oxygen atoms in total. The molecule has 0 radical (unpaired) electrons. The molecule has 0 atom stereocenters. The summed E-state index contributed by atoms with van der Waals surface area (Å²) in [6, 6.07) is 11.5. The molecule has 0 bridgehead atoms. The second-order valence-corrected chi connectivity index (χ2v) is 6.02. The fourth-order valence-corrected chi connectivity index (χ4v) is 2.96. The Hall–Kier alpha value is -1.61. The Morgan fingerprint density at radius 3 is 2.81 bits per heavy atom. The minimum atomic E-state index is 0.701. The van der Waals surface area contributed by atoms with E-state index in [1.54, 1.807) is 0 Å². The molecule has 2 aromatic rings. The molecule has 1 aromatic heterocycles. The van der Waals surface area contributed by atoms with Crippen molar-refractivity contribution in [2.24, 2.45) is 0 Å². The first-order chi connectivity index (χ1) is 10.3. The molecule has 0 aliphatic heterocycles. The van der Waals surface area contributed by atoms with E-state index in [4.69, 9.17) is 4.98 Å². The number of para-hydroxylation sites is 1. The molecule has 1 aliphatic carbocycles. The van der Waals surface area contributed by atoms with Crippen molar-refractivity contribution in [1.29, 1.82) is 0 Å². The van der Waals surface area contributed by atoms with Crippen LogP contribution >= 0.6 is 0 Å². The van der Waals surface area contributed by atoms with Crippen LogP contribution in [0.4, 0.5) is 5.69 Å². The zero-order valence-corrected chi connectivity index (χ0v) is 13.1. The van der Waals surface area contributed by atoms with Gasteiger partial charge in [-0.15, -0.1) is 0 Å². The zero-order valence-electron chi connectivity index (χ0n) is 13.1. The van der Waals surface area contributed by atoms with Crippen LogP contribution in [0.5, 0.6) is 0 Å². The monoisotopic (exact) mass is 283 g/mol. The maximum Gasteiger partial charge on any atom is 0.0726 e. The van der Waals surface area contributed by atoms with Crippen molar-refractivity contribution in [3.63, 3.8) is 0 Å². The third-order valence-electron chi connectivity index (χ3n) is 4.48. The molecule has 112 valence electrons. The van der Waals surface area contributed by atoms with E-state index in [-0.39, 0.29) is 0 Å². The topological polar surface area (TPSA) is 28.2 Å². The van der Waals surface area contributed by atoms with Gasteiger partial charge in [0.2, 0.25) is 0 Å².